The van der Waals surface area contributed by atoms with E-state index in [1.54, 1.807) is 6.92 Å². The van der Waals surface area contributed by atoms with E-state index in [1.165, 1.54) is 11.3 Å². The molecular formula is C14H20O3S. The van der Waals surface area contributed by atoms with Gasteiger partial charge in [0.2, 0.25) is 0 Å². The second kappa shape index (κ2) is 6.14. The van der Waals surface area contributed by atoms with Gasteiger partial charge in [0.05, 0.1) is 4.88 Å². The number of thiophene rings is 1. The van der Waals surface area contributed by atoms with Crippen molar-refractivity contribution in [3.63, 3.8) is 0 Å². The van der Waals surface area contributed by atoms with Crippen molar-refractivity contribution in [1.82, 2.24) is 0 Å². The van der Waals surface area contributed by atoms with Gasteiger partial charge in [-0.3, -0.25) is 9.59 Å². The van der Waals surface area contributed by atoms with Crippen LogP contribution in [-0.4, -0.2) is 17.4 Å². The summed E-state index contributed by atoms with van der Waals surface area (Å²) < 4.78 is 5.23. The lowest BCUT2D eigenvalue weighted by Gasteiger charge is -2.19. The van der Waals surface area contributed by atoms with E-state index < -0.39 is 5.60 Å². The molecule has 0 atom stereocenters. The Balaban J connectivity index is 2.33. The average Bonchev–Trinajstić information content (AvgIpc) is 2.63. The number of ketones is 1. The lowest BCUT2D eigenvalue weighted by atomic mass is 10.1. The van der Waals surface area contributed by atoms with E-state index in [2.05, 4.69) is 0 Å². The summed E-state index contributed by atoms with van der Waals surface area (Å²) in [5, 5.41) is 1.98. The fraction of sp³-hybridized carbons (Fsp3) is 0.571. The molecule has 0 saturated heterocycles. The summed E-state index contributed by atoms with van der Waals surface area (Å²) in [6.07, 6.45) is 1.98. The molecule has 1 rings (SSSR count). The van der Waals surface area contributed by atoms with Crippen molar-refractivity contribution in [1.29, 1.82) is 0 Å². The van der Waals surface area contributed by atoms with Gasteiger partial charge in [0.25, 0.3) is 0 Å². The molecule has 0 aliphatic heterocycles. The van der Waals surface area contributed by atoms with E-state index >= 15 is 0 Å². The Morgan fingerprint density at radius 2 is 2.00 bits per heavy atom. The van der Waals surface area contributed by atoms with Gasteiger partial charge in [0.1, 0.15) is 5.60 Å². The molecule has 0 fully saturated rings. The number of esters is 1. The van der Waals surface area contributed by atoms with Crippen molar-refractivity contribution in [3.05, 3.63) is 21.9 Å². The summed E-state index contributed by atoms with van der Waals surface area (Å²) in [6, 6.07) is 1.90. The van der Waals surface area contributed by atoms with E-state index in [9.17, 15) is 9.59 Å². The van der Waals surface area contributed by atoms with Gasteiger partial charge in [-0.2, -0.15) is 0 Å². The molecule has 0 spiro atoms. The van der Waals surface area contributed by atoms with Crippen LogP contribution in [0.2, 0.25) is 0 Å². The maximum absolute atomic E-state index is 11.5. The van der Waals surface area contributed by atoms with Gasteiger partial charge in [-0.1, -0.05) is 0 Å². The molecule has 0 N–H and O–H groups in total. The fourth-order valence-electron chi connectivity index (χ4n) is 1.52. The number of ether oxygens (including phenoxy) is 1. The first-order valence-corrected chi connectivity index (χ1v) is 6.96. The Labute approximate surface area is 112 Å². The lowest BCUT2D eigenvalue weighted by Crippen LogP contribution is -2.23. The quantitative estimate of drug-likeness (QED) is 0.605. The van der Waals surface area contributed by atoms with Crippen LogP contribution in [0.5, 0.6) is 0 Å². The number of Topliss-reactive ketones (excluding diaryl/α,β-unsaturated/α-hetero) is 1. The number of carbonyl (C=O) groups excluding carboxylic acids is 2. The van der Waals surface area contributed by atoms with Crippen LogP contribution in [0.3, 0.4) is 0 Å². The molecule has 100 valence electrons. The summed E-state index contributed by atoms with van der Waals surface area (Å²) in [5.41, 5.74) is 0.704. The maximum Gasteiger partial charge on any atom is 0.306 e. The lowest BCUT2D eigenvalue weighted by molar-refractivity contribution is -0.154. The standard InChI is InChI=1S/C14H20O3S/c1-10(15)12-8-11(9-18-12)6-5-7-13(16)17-14(2,3)4/h8-9H,5-7H2,1-4H3. The van der Waals surface area contributed by atoms with Crippen LogP contribution in [0.1, 0.15) is 55.8 Å². The number of hydrogen-bond donors (Lipinski definition) is 0. The van der Waals surface area contributed by atoms with Crippen molar-refractivity contribution in [3.8, 4) is 0 Å². The van der Waals surface area contributed by atoms with Crippen LogP contribution < -0.4 is 0 Å². The van der Waals surface area contributed by atoms with E-state index in [-0.39, 0.29) is 11.8 Å². The van der Waals surface area contributed by atoms with Crippen molar-refractivity contribution in [2.45, 2.75) is 52.6 Å². The van der Waals surface area contributed by atoms with Crippen molar-refractivity contribution < 1.29 is 14.3 Å². The highest BCUT2D eigenvalue weighted by molar-refractivity contribution is 7.12. The van der Waals surface area contributed by atoms with Crippen LogP contribution >= 0.6 is 11.3 Å². The summed E-state index contributed by atoms with van der Waals surface area (Å²) in [5.74, 6) is -0.0667. The molecular weight excluding hydrogens is 248 g/mol. The van der Waals surface area contributed by atoms with Crippen molar-refractivity contribution >= 4 is 23.1 Å². The first-order valence-electron chi connectivity index (χ1n) is 6.08. The Morgan fingerprint density at radius 1 is 1.33 bits per heavy atom. The second-order valence-electron chi connectivity index (χ2n) is 5.32. The molecule has 1 aromatic rings. The van der Waals surface area contributed by atoms with E-state index in [1.807, 2.05) is 32.2 Å². The first kappa shape index (κ1) is 14.9. The van der Waals surface area contributed by atoms with Gasteiger partial charge in [-0.25, -0.2) is 0 Å². The number of carbonyl (C=O) groups is 2. The zero-order valence-corrected chi connectivity index (χ0v) is 12.2. The zero-order chi connectivity index (χ0) is 13.8. The minimum Gasteiger partial charge on any atom is -0.460 e. The summed E-state index contributed by atoms with van der Waals surface area (Å²) in [6.45, 7) is 7.16. The third-order valence-corrected chi connectivity index (χ3v) is 3.35. The Kier molecular flexibility index (Phi) is 5.08. The molecule has 3 nitrogen and oxygen atoms in total. The SMILES string of the molecule is CC(=O)c1cc(CCCC(=O)OC(C)(C)C)cs1. The molecule has 0 amide bonds. The van der Waals surface area contributed by atoms with E-state index in [0.717, 1.165) is 23.3 Å². The van der Waals surface area contributed by atoms with Crippen LogP contribution in [0.25, 0.3) is 0 Å². The minimum absolute atomic E-state index is 0.0957. The fourth-order valence-corrected chi connectivity index (χ4v) is 2.37. The molecule has 0 saturated carbocycles. The Bertz CT molecular complexity index is 426. The molecule has 0 aliphatic carbocycles. The van der Waals surface area contributed by atoms with E-state index in [0.29, 0.717) is 6.42 Å². The van der Waals surface area contributed by atoms with Gasteiger partial charge >= 0.3 is 5.97 Å². The first-order chi connectivity index (χ1) is 8.28. The highest BCUT2D eigenvalue weighted by Crippen LogP contribution is 2.17. The largest absolute Gasteiger partial charge is 0.460 e. The van der Waals surface area contributed by atoms with Gasteiger partial charge in [0, 0.05) is 6.42 Å². The minimum atomic E-state index is -0.415. The molecule has 1 aromatic heterocycles. The van der Waals surface area contributed by atoms with Gasteiger partial charge in [-0.05, 0) is 57.5 Å². The topological polar surface area (TPSA) is 43.4 Å². The maximum atomic E-state index is 11.5. The number of rotatable bonds is 5. The zero-order valence-electron chi connectivity index (χ0n) is 11.4. The molecule has 1 heterocycles. The summed E-state index contributed by atoms with van der Waals surface area (Å²) in [4.78, 5) is 23.4. The predicted octanol–water partition coefficient (Wildman–Crippen LogP) is 3.62. The predicted molar refractivity (Wildman–Crippen MR) is 73.1 cm³/mol. The molecule has 0 unspecified atom stereocenters. The Morgan fingerprint density at radius 3 is 2.50 bits per heavy atom. The number of aryl methyl sites for hydroxylation is 1. The smallest absolute Gasteiger partial charge is 0.306 e. The van der Waals surface area contributed by atoms with Gasteiger partial charge < -0.3 is 4.74 Å². The molecule has 0 radical (unpaired) electrons. The summed E-state index contributed by atoms with van der Waals surface area (Å²) in [7, 11) is 0. The molecule has 0 bridgehead atoms. The van der Waals surface area contributed by atoms with Crippen LogP contribution in [0.15, 0.2) is 11.4 Å². The van der Waals surface area contributed by atoms with Crippen molar-refractivity contribution in [2.75, 3.05) is 0 Å². The third-order valence-electron chi connectivity index (χ3n) is 2.27. The molecule has 0 aliphatic rings. The summed E-state index contributed by atoms with van der Waals surface area (Å²) >= 11 is 1.46. The Hall–Kier alpha value is -1.16. The highest BCUT2D eigenvalue weighted by Gasteiger charge is 2.15. The third kappa shape index (κ3) is 5.45. The van der Waals surface area contributed by atoms with Crippen LogP contribution in [0, 0.1) is 0 Å². The molecule has 18 heavy (non-hydrogen) atoms. The number of hydrogen-bond acceptors (Lipinski definition) is 4. The monoisotopic (exact) mass is 268 g/mol. The average molecular weight is 268 g/mol. The van der Waals surface area contributed by atoms with E-state index in [4.69, 9.17) is 4.74 Å². The molecule has 0 aromatic carbocycles. The van der Waals surface area contributed by atoms with Crippen LogP contribution in [0.4, 0.5) is 0 Å². The van der Waals surface area contributed by atoms with Crippen LogP contribution in [-0.2, 0) is 16.0 Å². The second-order valence-corrected chi connectivity index (χ2v) is 6.23. The molecule has 4 heteroatoms. The van der Waals surface area contributed by atoms with Crippen molar-refractivity contribution in [2.24, 2.45) is 0 Å². The highest BCUT2D eigenvalue weighted by atomic mass is 32.1. The normalized spacial score (nSPS) is 11.3. The van der Waals surface area contributed by atoms with Gasteiger partial charge in [0.15, 0.2) is 5.78 Å². The van der Waals surface area contributed by atoms with Gasteiger partial charge in [-0.15, -0.1) is 11.3 Å².